The van der Waals surface area contributed by atoms with E-state index in [4.69, 9.17) is 11.5 Å². The molecule has 0 aliphatic carbocycles. The van der Waals surface area contributed by atoms with E-state index in [1.54, 1.807) is 12.1 Å². The van der Waals surface area contributed by atoms with Crippen molar-refractivity contribution in [2.24, 2.45) is 0 Å². The summed E-state index contributed by atoms with van der Waals surface area (Å²) >= 11 is 0. The van der Waals surface area contributed by atoms with Gasteiger partial charge in [0.25, 0.3) is 11.4 Å². The smallest absolute Gasteiger partial charge is 0.299 e. The Morgan fingerprint density at radius 2 is 1.18 bits per heavy atom. The van der Waals surface area contributed by atoms with Gasteiger partial charge in [-0.25, -0.2) is 0 Å². The number of nitro benzene ring substituents is 2. The van der Waals surface area contributed by atoms with Gasteiger partial charge in [0.1, 0.15) is 5.69 Å². The van der Waals surface area contributed by atoms with Crippen LogP contribution in [0.5, 0.6) is 0 Å². The van der Waals surface area contributed by atoms with Crippen LogP contribution < -0.4 is 22.1 Å². The molecule has 38 heavy (non-hydrogen) atoms. The Bertz CT molecular complexity index is 1060. The van der Waals surface area contributed by atoms with Gasteiger partial charge in [-0.05, 0) is 31.0 Å². The molecule has 0 unspecified atom stereocenters. The summed E-state index contributed by atoms with van der Waals surface area (Å²) in [4.78, 5) is 22.6. The van der Waals surface area contributed by atoms with Crippen LogP contribution in [0.15, 0.2) is 24.3 Å². The maximum atomic E-state index is 12.0. The van der Waals surface area contributed by atoms with Crippen LogP contribution in [-0.2, 0) is 0 Å². The van der Waals surface area contributed by atoms with E-state index in [0.29, 0.717) is 30.0 Å². The highest BCUT2D eigenvalue weighted by Crippen LogP contribution is 2.45. The minimum Gasteiger partial charge on any atom is -0.397 e. The lowest BCUT2D eigenvalue weighted by atomic mass is 9.97. The summed E-state index contributed by atoms with van der Waals surface area (Å²) in [5.41, 5.74) is 13.6. The third kappa shape index (κ3) is 9.08. The molecule has 0 saturated carbocycles. The van der Waals surface area contributed by atoms with Crippen LogP contribution in [0.2, 0.25) is 0 Å². The van der Waals surface area contributed by atoms with Crippen molar-refractivity contribution in [2.75, 3.05) is 35.2 Å². The van der Waals surface area contributed by atoms with Crippen LogP contribution in [0.4, 0.5) is 34.1 Å². The maximum Gasteiger partial charge on any atom is 0.299 e. The van der Waals surface area contributed by atoms with Crippen LogP contribution in [0.3, 0.4) is 0 Å². The summed E-state index contributed by atoms with van der Waals surface area (Å²) < 4.78 is 0. The molecule has 0 radical (unpaired) electrons. The standard InChI is InChI=1S/C28H44N6O4/c1-3-5-7-9-11-13-17-31-23-16-15-22(29)28(30)27(23)21-19-24(32-18-14-12-10-8-6-4-2)26(34(37)38)20-25(21)33(35)36/h15-16,19-20,31-32H,3-14,17-18,29-30H2,1-2H3. The van der Waals surface area contributed by atoms with Crippen molar-refractivity contribution in [1.29, 1.82) is 0 Å². The Hall–Kier alpha value is -3.56. The molecule has 0 amide bonds. The normalized spacial score (nSPS) is 10.9. The molecular weight excluding hydrogens is 484 g/mol. The highest BCUT2D eigenvalue weighted by atomic mass is 16.6. The molecule has 6 N–H and O–H groups in total. The molecule has 2 rings (SSSR count). The first-order valence-electron chi connectivity index (χ1n) is 13.9. The van der Waals surface area contributed by atoms with Crippen LogP contribution in [0, 0.1) is 20.2 Å². The van der Waals surface area contributed by atoms with E-state index in [1.165, 1.54) is 44.6 Å². The Morgan fingerprint density at radius 3 is 1.71 bits per heavy atom. The average Bonchev–Trinajstić information content (AvgIpc) is 2.89. The van der Waals surface area contributed by atoms with E-state index in [1.807, 2.05) is 0 Å². The molecule has 0 fully saturated rings. The maximum absolute atomic E-state index is 12.0. The quantitative estimate of drug-likeness (QED) is 0.0619. The van der Waals surface area contributed by atoms with Gasteiger partial charge in [0.2, 0.25) is 0 Å². The number of nitrogens with one attached hydrogen (secondary N) is 2. The van der Waals surface area contributed by atoms with Crippen molar-refractivity contribution in [3.8, 4) is 11.1 Å². The number of nitrogens with two attached hydrogens (primary N) is 2. The second-order valence-electron chi connectivity index (χ2n) is 9.78. The van der Waals surface area contributed by atoms with E-state index in [2.05, 4.69) is 24.5 Å². The molecule has 210 valence electrons. The summed E-state index contributed by atoms with van der Waals surface area (Å²) in [6, 6.07) is 5.90. The van der Waals surface area contributed by atoms with Gasteiger partial charge in [0.05, 0.1) is 32.9 Å². The zero-order valence-corrected chi connectivity index (χ0v) is 22.9. The number of nitrogens with zero attached hydrogens (tertiary/aromatic N) is 2. The van der Waals surface area contributed by atoms with Crippen LogP contribution in [-0.4, -0.2) is 22.9 Å². The van der Waals surface area contributed by atoms with Crippen molar-refractivity contribution in [3.05, 3.63) is 44.5 Å². The van der Waals surface area contributed by atoms with Crippen LogP contribution >= 0.6 is 0 Å². The minimum atomic E-state index is -0.611. The van der Waals surface area contributed by atoms with Gasteiger partial charge in [0.15, 0.2) is 0 Å². The number of nitrogen functional groups attached to an aromatic ring is 2. The molecule has 10 nitrogen and oxygen atoms in total. The Labute approximate surface area is 225 Å². The molecule has 0 aliphatic rings. The lowest BCUT2D eigenvalue weighted by Crippen LogP contribution is -2.09. The van der Waals surface area contributed by atoms with Crippen LogP contribution in [0.1, 0.15) is 90.9 Å². The lowest BCUT2D eigenvalue weighted by molar-refractivity contribution is -0.393. The number of unbranched alkanes of at least 4 members (excludes halogenated alkanes) is 10. The van der Waals surface area contributed by atoms with E-state index < -0.39 is 9.85 Å². The van der Waals surface area contributed by atoms with Crippen molar-refractivity contribution < 1.29 is 9.85 Å². The lowest BCUT2D eigenvalue weighted by Gasteiger charge is -2.17. The molecule has 0 saturated heterocycles. The summed E-state index contributed by atoms with van der Waals surface area (Å²) in [5, 5.41) is 30.3. The third-order valence-corrected chi connectivity index (χ3v) is 6.75. The van der Waals surface area contributed by atoms with Crippen LogP contribution in [0.25, 0.3) is 11.1 Å². The fraction of sp³-hybridized carbons (Fsp3) is 0.571. The first-order chi connectivity index (χ1) is 18.3. The van der Waals surface area contributed by atoms with Gasteiger partial charge in [-0.15, -0.1) is 0 Å². The minimum absolute atomic E-state index is 0.196. The molecule has 10 heteroatoms. The van der Waals surface area contributed by atoms with E-state index in [-0.39, 0.29) is 28.3 Å². The van der Waals surface area contributed by atoms with Crippen molar-refractivity contribution >= 4 is 34.1 Å². The van der Waals surface area contributed by atoms with E-state index >= 15 is 0 Å². The van der Waals surface area contributed by atoms with Crippen molar-refractivity contribution in [3.63, 3.8) is 0 Å². The van der Waals surface area contributed by atoms with Gasteiger partial charge in [0, 0.05) is 24.3 Å². The summed E-state index contributed by atoms with van der Waals surface area (Å²) in [6.07, 6.45) is 13.3. The Kier molecular flexibility index (Phi) is 13.2. The summed E-state index contributed by atoms with van der Waals surface area (Å²) in [6.45, 7) is 5.54. The SMILES string of the molecule is CCCCCCCCNc1cc(-c2c(NCCCCCCCC)ccc(N)c2N)c([N+](=O)[O-])cc1[N+](=O)[O-]. The summed E-state index contributed by atoms with van der Waals surface area (Å²) in [7, 11) is 0. The Morgan fingerprint density at radius 1 is 0.684 bits per heavy atom. The number of hydrogen-bond acceptors (Lipinski definition) is 8. The molecule has 0 atom stereocenters. The molecular formula is C28H44N6O4. The highest BCUT2D eigenvalue weighted by molar-refractivity contribution is 5.98. The fourth-order valence-corrected chi connectivity index (χ4v) is 4.55. The predicted octanol–water partition coefficient (Wildman–Crippen LogP) is 7.88. The number of hydrogen-bond donors (Lipinski definition) is 4. The van der Waals surface area contributed by atoms with E-state index in [9.17, 15) is 20.2 Å². The molecule has 0 aliphatic heterocycles. The van der Waals surface area contributed by atoms with Gasteiger partial charge in [-0.2, -0.15) is 0 Å². The number of benzene rings is 2. The topological polar surface area (TPSA) is 162 Å². The zero-order chi connectivity index (χ0) is 27.9. The van der Waals surface area contributed by atoms with Gasteiger partial charge in [-0.1, -0.05) is 78.1 Å². The summed E-state index contributed by atoms with van der Waals surface area (Å²) in [5.74, 6) is 0. The highest BCUT2D eigenvalue weighted by Gasteiger charge is 2.28. The van der Waals surface area contributed by atoms with Crippen molar-refractivity contribution in [2.45, 2.75) is 90.9 Å². The molecule has 2 aromatic carbocycles. The van der Waals surface area contributed by atoms with Crippen molar-refractivity contribution in [1.82, 2.24) is 0 Å². The van der Waals surface area contributed by atoms with Gasteiger partial charge >= 0.3 is 0 Å². The average molecular weight is 529 g/mol. The molecule has 0 bridgehead atoms. The number of rotatable bonds is 19. The number of anilines is 4. The molecule has 0 aromatic heterocycles. The number of nitro groups is 2. The second kappa shape index (κ2) is 16.3. The molecule has 0 heterocycles. The molecule has 0 spiro atoms. The fourth-order valence-electron chi connectivity index (χ4n) is 4.55. The zero-order valence-electron chi connectivity index (χ0n) is 22.9. The largest absolute Gasteiger partial charge is 0.397 e. The first kappa shape index (κ1) is 30.7. The first-order valence-corrected chi connectivity index (χ1v) is 13.9. The third-order valence-electron chi connectivity index (χ3n) is 6.75. The predicted molar refractivity (Wildman–Crippen MR) is 158 cm³/mol. The van der Waals surface area contributed by atoms with Gasteiger partial charge in [-0.3, -0.25) is 20.2 Å². The Balaban J connectivity index is 2.35. The van der Waals surface area contributed by atoms with Gasteiger partial charge < -0.3 is 22.1 Å². The monoisotopic (exact) mass is 528 g/mol. The van der Waals surface area contributed by atoms with E-state index in [0.717, 1.165) is 44.6 Å². The second-order valence-corrected chi connectivity index (χ2v) is 9.78. The molecule has 2 aromatic rings.